The molecule has 0 spiro atoms. The zero-order valence-electron chi connectivity index (χ0n) is 12.8. The first kappa shape index (κ1) is 17.9. The van der Waals surface area contributed by atoms with Crippen molar-refractivity contribution in [3.63, 3.8) is 0 Å². The molecule has 1 aliphatic rings. The Balaban J connectivity index is 0.00000192. The van der Waals surface area contributed by atoms with E-state index in [1.165, 1.54) is 0 Å². The molecule has 23 heavy (non-hydrogen) atoms. The average Bonchev–Trinajstić information content (AvgIpc) is 3.07. The molecule has 3 rings (SSSR count). The fourth-order valence-corrected chi connectivity index (χ4v) is 3.65. The van der Waals surface area contributed by atoms with Crippen LogP contribution in [0.4, 0.5) is 0 Å². The molecule has 3 nitrogen and oxygen atoms in total. The van der Waals surface area contributed by atoms with Crippen LogP contribution in [0.15, 0.2) is 65.6 Å². The molecule has 1 saturated heterocycles. The number of carbonyl (C=O) groups excluding carboxylic acids is 1. The molecule has 1 aliphatic heterocycles. The van der Waals surface area contributed by atoms with Crippen LogP contribution < -0.4 is 10.6 Å². The first-order chi connectivity index (χ1) is 10.8. The smallest absolute Gasteiger partial charge is 0.238 e. The van der Waals surface area contributed by atoms with E-state index in [0.29, 0.717) is 0 Å². The molecule has 1 heterocycles. The topological polar surface area (TPSA) is 41.1 Å². The van der Waals surface area contributed by atoms with E-state index in [1.54, 1.807) is 11.8 Å². The summed E-state index contributed by atoms with van der Waals surface area (Å²) < 4.78 is 0. The number of rotatable bonds is 5. The zero-order valence-corrected chi connectivity index (χ0v) is 14.4. The predicted octanol–water partition coefficient (Wildman–Crippen LogP) is 3.42. The van der Waals surface area contributed by atoms with Crippen molar-refractivity contribution in [1.82, 2.24) is 10.6 Å². The van der Waals surface area contributed by atoms with Gasteiger partial charge >= 0.3 is 0 Å². The predicted molar refractivity (Wildman–Crippen MR) is 98.1 cm³/mol. The number of amides is 1. The highest BCUT2D eigenvalue weighted by Crippen LogP contribution is 2.35. The highest BCUT2D eigenvalue weighted by atomic mass is 35.5. The van der Waals surface area contributed by atoms with E-state index < -0.39 is 0 Å². The number of hydrogen-bond acceptors (Lipinski definition) is 3. The molecule has 0 aliphatic carbocycles. The van der Waals surface area contributed by atoms with Crippen LogP contribution in [0.2, 0.25) is 0 Å². The summed E-state index contributed by atoms with van der Waals surface area (Å²) in [6, 6.07) is 20.3. The minimum Gasteiger partial charge on any atom is -0.351 e. The van der Waals surface area contributed by atoms with Gasteiger partial charge in [-0.2, -0.15) is 0 Å². The molecule has 2 N–H and O–H groups in total. The molecule has 1 fully saturated rings. The number of hydrogen-bond donors (Lipinski definition) is 2. The van der Waals surface area contributed by atoms with E-state index in [4.69, 9.17) is 0 Å². The van der Waals surface area contributed by atoms with Gasteiger partial charge in [-0.1, -0.05) is 48.5 Å². The number of halogens is 1. The maximum Gasteiger partial charge on any atom is 0.238 e. The lowest BCUT2D eigenvalue weighted by molar-refractivity contribution is -0.121. The summed E-state index contributed by atoms with van der Waals surface area (Å²) in [6.07, 6.45) is 1.00. The summed E-state index contributed by atoms with van der Waals surface area (Å²) in [6.45, 7) is 1.84. The van der Waals surface area contributed by atoms with Gasteiger partial charge in [-0.15, -0.1) is 24.2 Å². The van der Waals surface area contributed by atoms with Crippen molar-refractivity contribution < 1.29 is 4.79 Å². The zero-order chi connectivity index (χ0) is 15.2. The van der Waals surface area contributed by atoms with Crippen LogP contribution in [0, 0.1) is 0 Å². The quantitative estimate of drug-likeness (QED) is 0.813. The van der Waals surface area contributed by atoms with Crippen molar-refractivity contribution in [2.24, 2.45) is 0 Å². The number of nitrogens with one attached hydrogen (secondary N) is 2. The fraction of sp³-hybridized carbons (Fsp3) is 0.278. The van der Waals surface area contributed by atoms with Crippen LogP contribution in [-0.2, 0) is 4.79 Å². The Morgan fingerprint density at radius 3 is 2.35 bits per heavy atom. The van der Waals surface area contributed by atoms with Gasteiger partial charge in [-0.25, -0.2) is 0 Å². The van der Waals surface area contributed by atoms with Gasteiger partial charge in [-0.05, 0) is 30.7 Å². The highest BCUT2D eigenvalue weighted by Gasteiger charge is 2.25. The van der Waals surface area contributed by atoms with Gasteiger partial charge in [-0.3, -0.25) is 4.79 Å². The molecule has 0 bridgehead atoms. The summed E-state index contributed by atoms with van der Waals surface area (Å²) in [5.74, 6) is 0.0914. The lowest BCUT2D eigenvalue weighted by Gasteiger charge is -2.19. The van der Waals surface area contributed by atoms with Crippen LogP contribution in [0.5, 0.6) is 0 Å². The summed E-state index contributed by atoms with van der Waals surface area (Å²) in [7, 11) is 0. The third kappa shape index (κ3) is 4.99. The lowest BCUT2D eigenvalue weighted by Crippen LogP contribution is -2.38. The first-order valence-electron chi connectivity index (χ1n) is 7.60. The fourth-order valence-electron chi connectivity index (χ4n) is 2.59. The third-order valence-electron chi connectivity index (χ3n) is 3.74. The van der Waals surface area contributed by atoms with Crippen molar-refractivity contribution >= 4 is 30.1 Å². The molecule has 2 atom stereocenters. The van der Waals surface area contributed by atoms with Gasteiger partial charge in [0.05, 0.1) is 0 Å². The van der Waals surface area contributed by atoms with Crippen molar-refractivity contribution in [3.8, 4) is 0 Å². The minimum atomic E-state index is -0.218. The molecule has 0 saturated carbocycles. The van der Waals surface area contributed by atoms with Crippen LogP contribution >= 0.6 is 24.2 Å². The van der Waals surface area contributed by atoms with Gasteiger partial charge in [0.1, 0.15) is 5.25 Å². The third-order valence-corrected chi connectivity index (χ3v) is 5.01. The van der Waals surface area contributed by atoms with Crippen LogP contribution in [0.25, 0.3) is 0 Å². The minimum absolute atomic E-state index is 0. The largest absolute Gasteiger partial charge is 0.351 e. The Morgan fingerprint density at radius 2 is 1.74 bits per heavy atom. The second-order valence-electron chi connectivity index (χ2n) is 5.42. The normalized spacial score (nSPS) is 18.0. The molecule has 0 radical (unpaired) electrons. The molecule has 2 aromatic rings. The van der Waals surface area contributed by atoms with E-state index in [0.717, 1.165) is 30.0 Å². The molecule has 122 valence electrons. The number of thioether (sulfide) groups is 1. The van der Waals surface area contributed by atoms with Gasteiger partial charge in [0, 0.05) is 17.5 Å². The van der Waals surface area contributed by atoms with Gasteiger partial charge in [0.15, 0.2) is 0 Å². The molecule has 1 amide bonds. The standard InChI is InChI=1S/C18H20N2OS.ClH/c21-18(20-15-11-12-19-13-15)17(14-7-3-1-4-8-14)22-16-9-5-2-6-10-16;/h1-10,15,17,19H,11-13H2,(H,20,21);1H. The molecule has 0 aromatic heterocycles. The maximum atomic E-state index is 12.7. The van der Waals surface area contributed by atoms with Crippen molar-refractivity contribution in [2.45, 2.75) is 22.6 Å². The average molecular weight is 349 g/mol. The van der Waals surface area contributed by atoms with Crippen LogP contribution in [0.1, 0.15) is 17.2 Å². The molecule has 2 unspecified atom stereocenters. The Labute approximate surface area is 147 Å². The maximum absolute atomic E-state index is 12.7. The Hall–Kier alpha value is -1.49. The monoisotopic (exact) mass is 348 g/mol. The van der Waals surface area contributed by atoms with E-state index in [1.807, 2.05) is 60.7 Å². The van der Waals surface area contributed by atoms with Gasteiger partial charge < -0.3 is 10.6 Å². The van der Waals surface area contributed by atoms with E-state index in [-0.39, 0.29) is 29.6 Å². The summed E-state index contributed by atoms with van der Waals surface area (Å²) in [5, 5.41) is 6.24. The Kier molecular flexibility index (Phi) is 6.96. The second kappa shape index (κ2) is 8.96. The van der Waals surface area contributed by atoms with E-state index >= 15 is 0 Å². The van der Waals surface area contributed by atoms with Gasteiger partial charge in [0.2, 0.25) is 5.91 Å². The van der Waals surface area contributed by atoms with Crippen LogP contribution in [0.3, 0.4) is 0 Å². The molecule has 5 heteroatoms. The second-order valence-corrected chi connectivity index (χ2v) is 6.60. The van der Waals surface area contributed by atoms with Crippen molar-refractivity contribution in [1.29, 1.82) is 0 Å². The molecular weight excluding hydrogens is 328 g/mol. The SMILES string of the molecule is Cl.O=C(NC1CCNC1)C(Sc1ccccc1)c1ccccc1. The van der Waals surface area contributed by atoms with Crippen molar-refractivity contribution in [2.75, 3.05) is 13.1 Å². The Morgan fingerprint density at radius 1 is 1.09 bits per heavy atom. The number of carbonyl (C=O) groups is 1. The summed E-state index contributed by atoms with van der Waals surface area (Å²) in [5.41, 5.74) is 1.04. The van der Waals surface area contributed by atoms with Crippen LogP contribution in [-0.4, -0.2) is 25.0 Å². The van der Waals surface area contributed by atoms with E-state index in [9.17, 15) is 4.79 Å². The summed E-state index contributed by atoms with van der Waals surface area (Å²) in [4.78, 5) is 13.9. The summed E-state index contributed by atoms with van der Waals surface area (Å²) >= 11 is 1.60. The number of benzene rings is 2. The Bertz CT molecular complexity index is 603. The molecule has 2 aromatic carbocycles. The van der Waals surface area contributed by atoms with Crippen molar-refractivity contribution in [3.05, 3.63) is 66.2 Å². The molecular formula is C18H21ClN2OS. The van der Waals surface area contributed by atoms with E-state index in [2.05, 4.69) is 10.6 Å². The lowest BCUT2D eigenvalue weighted by atomic mass is 10.1. The van der Waals surface area contributed by atoms with Gasteiger partial charge in [0.25, 0.3) is 0 Å². The first-order valence-corrected chi connectivity index (χ1v) is 8.48. The highest BCUT2D eigenvalue weighted by molar-refractivity contribution is 8.00.